The first-order valence-electron chi connectivity index (χ1n) is 9.84. The lowest BCUT2D eigenvalue weighted by Crippen LogP contribution is -2.22. The Hall–Kier alpha value is -5.06. The standard InChI is InChI=1S/C26H10F6N4/c27-25(28,29)23-7-3-1-5-17(23)21-9-20(16(13-35)14-36)22(10-19(21)15(11-33)12-34)18-6-2-4-8-24(18)26(30,31)32/h1-10H. The summed E-state index contributed by atoms with van der Waals surface area (Å²) in [6, 6.07) is 16.4. The molecular weight excluding hydrogens is 482 g/mol. The van der Waals surface area contributed by atoms with Crippen molar-refractivity contribution in [1.82, 2.24) is 0 Å². The van der Waals surface area contributed by atoms with Gasteiger partial charge in [-0.3, -0.25) is 0 Å². The summed E-state index contributed by atoms with van der Waals surface area (Å²) in [5, 5.41) is 37.1. The van der Waals surface area contributed by atoms with Gasteiger partial charge in [-0.1, -0.05) is 36.4 Å². The number of hydrogen-bond donors (Lipinski definition) is 0. The average molecular weight is 492 g/mol. The van der Waals surface area contributed by atoms with E-state index in [1.54, 1.807) is 24.3 Å². The van der Waals surface area contributed by atoms with E-state index in [4.69, 9.17) is 0 Å². The summed E-state index contributed by atoms with van der Waals surface area (Å²) in [4.78, 5) is 0. The summed E-state index contributed by atoms with van der Waals surface area (Å²) in [6.07, 6.45) is -9.74. The summed E-state index contributed by atoms with van der Waals surface area (Å²) >= 11 is 0. The van der Waals surface area contributed by atoms with Crippen molar-refractivity contribution in [2.75, 3.05) is 0 Å². The van der Waals surface area contributed by atoms with E-state index < -0.39 is 45.8 Å². The molecule has 0 aliphatic heterocycles. The summed E-state index contributed by atoms with van der Waals surface area (Å²) in [6.45, 7) is 0. The third-order valence-electron chi connectivity index (χ3n) is 5.19. The number of nitrogens with zero attached hydrogens (tertiary/aromatic N) is 4. The third-order valence-corrected chi connectivity index (χ3v) is 5.19. The highest BCUT2D eigenvalue weighted by Gasteiger charge is 2.35. The highest BCUT2D eigenvalue weighted by molar-refractivity contribution is 5.86. The molecule has 0 fully saturated rings. The quantitative estimate of drug-likeness (QED) is 0.445. The van der Waals surface area contributed by atoms with Gasteiger partial charge in [0.2, 0.25) is 0 Å². The van der Waals surface area contributed by atoms with Crippen LogP contribution in [0.25, 0.3) is 33.4 Å². The summed E-state index contributed by atoms with van der Waals surface area (Å²) in [5.74, 6) is 0. The fraction of sp³-hybridized carbons (Fsp3) is 0.0769. The topological polar surface area (TPSA) is 95.2 Å². The van der Waals surface area contributed by atoms with Gasteiger partial charge in [0.25, 0.3) is 0 Å². The highest BCUT2D eigenvalue weighted by Crippen LogP contribution is 2.38. The van der Waals surface area contributed by atoms with Gasteiger partial charge in [0.15, 0.2) is 0 Å². The van der Waals surface area contributed by atoms with E-state index in [2.05, 4.69) is 0 Å². The van der Waals surface area contributed by atoms with Crippen LogP contribution in [0.3, 0.4) is 0 Å². The molecule has 0 aliphatic rings. The first-order chi connectivity index (χ1) is 17.0. The molecule has 0 saturated carbocycles. The fourth-order valence-corrected chi connectivity index (χ4v) is 3.68. The van der Waals surface area contributed by atoms with Crippen LogP contribution in [0, 0.1) is 45.3 Å². The van der Waals surface area contributed by atoms with E-state index in [9.17, 15) is 47.4 Å². The van der Waals surface area contributed by atoms with Gasteiger partial charge in [-0.2, -0.15) is 47.4 Å². The minimum atomic E-state index is -4.87. The second-order valence-electron chi connectivity index (χ2n) is 7.23. The van der Waals surface area contributed by atoms with Crippen LogP contribution in [0.2, 0.25) is 0 Å². The fourth-order valence-electron chi connectivity index (χ4n) is 3.68. The number of hydrogen-bond acceptors (Lipinski definition) is 4. The summed E-state index contributed by atoms with van der Waals surface area (Å²) in [7, 11) is 0. The molecule has 3 aromatic carbocycles. The van der Waals surface area contributed by atoms with Gasteiger partial charge in [0.1, 0.15) is 35.4 Å². The van der Waals surface area contributed by atoms with Crippen LogP contribution in [0.5, 0.6) is 0 Å². The molecule has 36 heavy (non-hydrogen) atoms. The predicted octanol–water partition coefficient (Wildman–Crippen LogP) is 5.45. The molecule has 10 heteroatoms. The lowest BCUT2D eigenvalue weighted by atomic mass is 9.89. The molecule has 3 aromatic rings. The van der Waals surface area contributed by atoms with E-state index in [-0.39, 0.29) is 21.6 Å². The molecular formula is C26H10F6N4. The summed E-state index contributed by atoms with van der Waals surface area (Å²) in [5.41, 5.74) is -5.33. The van der Waals surface area contributed by atoms with E-state index in [1.807, 2.05) is 0 Å². The Labute approximate surface area is 200 Å². The van der Waals surface area contributed by atoms with Crippen LogP contribution in [0.1, 0.15) is 11.1 Å². The minimum absolute atomic E-state index is 0.354. The van der Waals surface area contributed by atoms with Crippen molar-refractivity contribution in [3.8, 4) is 46.5 Å². The summed E-state index contributed by atoms with van der Waals surface area (Å²) < 4.78 is 82.7. The Balaban J connectivity index is 2.70. The monoisotopic (exact) mass is 492 g/mol. The molecule has 0 unspecified atom stereocenters. The van der Waals surface area contributed by atoms with Crippen molar-refractivity contribution in [3.63, 3.8) is 0 Å². The molecule has 0 radical (unpaired) electrons. The van der Waals surface area contributed by atoms with Crippen molar-refractivity contribution < 1.29 is 26.3 Å². The molecule has 0 bridgehead atoms. The SMILES string of the molecule is N#CC(C#N)=c1cc(-c2ccccc2C(F)(F)F)c(=C(C#N)C#N)cc1-c1ccccc1C(F)(F)F. The molecule has 0 N–H and O–H groups in total. The molecule has 3 rings (SSSR count). The van der Waals surface area contributed by atoms with Crippen LogP contribution in [0.4, 0.5) is 26.3 Å². The molecule has 0 aromatic heterocycles. The van der Waals surface area contributed by atoms with E-state index in [0.717, 1.165) is 48.5 Å². The van der Waals surface area contributed by atoms with Crippen LogP contribution in [-0.4, -0.2) is 0 Å². The zero-order chi connectivity index (χ0) is 26.7. The predicted molar refractivity (Wildman–Crippen MR) is 116 cm³/mol. The van der Waals surface area contributed by atoms with Gasteiger partial charge >= 0.3 is 12.4 Å². The number of rotatable bonds is 2. The van der Waals surface area contributed by atoms with Crippen LogP contribution >= 0.6 is 0 Å². The van der Waals surface area contributed by atoms with Gasteiger partial charge in [-0.25, -0.2) is 0 Å². The Bertz CT molecular complexity index is 1500. The molecule has 0 amide bonds. The van der Waals surface area contributed by atoms with Crippen molar-refractivity contribution in [2.24, 2.45) is 0 Å². The van der Waals surface area contributed by atoms with Crippen LogP contribution in [0.15, 0.2) is 60.7 Å². The Morgan fingerprint density at radius 1 is 0.500 bits per heavy atom. The largest absolute Gasteiger partial charge is 0.417 e. The van der Waals surface area contributed by atoms with Crippen LogP contribution < -0.4 is 10.4 Å². The van der Waals surface area contributed by atoms with Gasteiger partial charge < -0.3 is 0 Å². The molecule has 4 nitrogen and oxygen atoms in total. The lowest BCUT2D eigenvalue weighted by Gasteiger charge is -2.17. The molecule has 0 heterocycles. The first kappa shape index (κ1) is 25.6. The molecule has 176 valence electrons. The van der Waals surface area contributed by atoms with E-state index in [1.165, 1.54) is 12.1 Å². The maximum absolute atomic E-state index is 13.8. The van der Waals surface area contributed by atoms with Crippen molar-refractivity contribution in [3.05, 3.63) is 82.2 Å². The average Bonchev–Trinajstić information content (AvgIpc) is 2.85. The zero-order valence-corrected chi connectivity index (χ0v) is 17.8. The van der Waals surface area contributed by atoms with Gasteiger partial charge in [0.05, 0.1) is 11.1 Å². The lowest BCUT2D eigenvalue weighted by molar-refractivity contribution is -0.137. The van der Waals surface area contributed by atoms with E-state index in [0.29, 0.717) is 0 Å². The Kier molecular flexibility index (Phi) is 6.86. The second kappa shape index (κ2) is 9.66. The molecule has 0 spiro atoms. The molecule has 0 atom stereocenters. The zero-order valence-electron chi connectivity index (χ0n) is 17.8. The number of nitriles is 4. The molecule has 0 aliphatic carbocycles. The smallest absolute Gasteiger partial charge is 0.192 e. The first-order valence-corrected chi connectivity index (χ1v) is 9.84. The van der Waals surface area contributed by atoms with E-state index >= 15 is 0 Å². The van der Waals surface area contributed by atoms with Crippen LogP contribution in [-0.2, 0) is 12.4 Å². The number of benzene rings is 3. The Morgan fingerprint density at radius 3 is 1.08 bits per heavy atom. The van der Waals surface area contributed by atoms with Gasteiger partial charge in [-0.05, 0) is 46.5 Å². The van der Waals surface area contributed by atoms with Crippen molar-refractivity contribution in [2.45, 2.75) is 12.4 Å². The number of alkyl halides is 6. The second-order valence-corrected chi connectivity index (χ2v) is 7.23. The minimum Gasteiger partial charge on any atom is -0.192 e. The Morgan fingerprint density at radius 2 is 0.806 bits per heavy atom. The van der Waals surface area contributed by atoms with Gasteiger partial charge in [0, 0.05) is 10.4 Å². The maximum Gasteiger partial charge on any atom is 0.417 e. The van der Waals surface area contributed by atoms with Gasteiger partial charge in [-0.15, -0.1) is 0 Å². The van der Waals surface area contributed by atoms with Crippen molar-refractivity contribution in [1.29, 1.82) is 21.0 Å². The van der Waals surface area contributed by atoms with Crippen molar-refractivity contribution >= 4 is 11.1 Å². The molecule has 0 saturated heterocycles. The maximum atomic E-state index is 13.8. The third kappa shape index (κ3) is 4.75. The normalized spacial score (nSPS) is 10.9. The highest BCUT2D eigenvalue weighted by atomic mass is 19.4. The number of halogens is 6.